The molecule has 0 aliphatic carbocycles. The van der Waals surface area contributed by atoms with E-state index in [4.69, 9.17) is 31.3 Å². The Morgan fingerprint density at radius 2 is 1.42 bits per heavy atom. The van der Waals surface area contributed by atoms with Crippen molar-refractivity contribution in [3.63, 3.8) is 0 Å². The molecular weight excluding hydrogens is 641 g/mol. The molecule has 0 amide bonds. The summed E-state index contributed by atoms with van der Waals surface area (Å²) in [5, 5.41) is 17.9. The second kappa shape index (κ2) is 14.9. The van der Waals surface area contributed by atoms with E-state index >= 15 is 0 Å². The lowest BCUT2D eigenvalue weighted by molar-refractivity contribution is -0.140. The summed E-state index contributed by atoms with van der Waals surface area (Å²) in [6, 6.07) is 11.7. The van der Waals surface area contributed by atoms with Crippen molar-refractivity contribution in [1.82, 2.24) is 9.97 Å². The van der Waals surface area contributed by atoms with Crippen molar-refractivity contribution < 1.29 is 50.9 Å². The SMILES string of the molecule is CCS(=O)(=O)c1ccc(-c2cc(C(F)(F)F)ccc2OCC(=O)O)c(C)c1.O=C(O)COc1ccc(Cl)cc1-c1cncnc1. The Labute approximate surface area is 261 Å². The first-order valence-corrected chi connectivity index (χ1v) is 14.9. The zero-order chi connectivity index (χ0) is 33.4. The molecule has 0 saturated heterocycles. The van der Waals surface area contributed by atoms with E-state index in [-0.39, 0.29) is 22.0 Å². The number of aliphatic carboxylic acids is 2. The van der Waals surface area contributed by atoms with Gasteiger partial charge in [0.25, 0.3) is 0 Å². The summed E-state index contributed by atoms with van der Waals surface area (Å²) in [6.07, 6.45) is 0.0177. The minimum absolute atomic E-state index is 0.0315. The van der Waals surface area contributed by atoms with Crippen LogP contribution >= 0.6 is 11.6 Å². The molecular formula is C30H26ClF3N2O8S. The number of alkyl halides is 3. The topological polar surface area (TPSA) is 153 Å². The molecule has 0 fully saturated rings. The van der Waals surface area contributed by atoms with Crippen molar-refractivity contribution in [2.45, 2.75) is 24.9 Å². The predicted octanol–water partition coefficient (Wildman–Crippen LogP) is 6.20. The Bertz CT molecular complexity index is 1790. The molecule has 0 bridgehead atoms. The molecule has 0 aliphatic rings. The summed E-state index contributed by atoms with van der Waals surface area (Å²) >= 11 is 5.92. The normalized spacial score (nSPS) is 11.2. The van der Waals surface area contributed by atoms with Crippen LogP contribution in [-0.4, -0.2) is 59.5 Å². The van der Waals surface area contributed by atoms with Gasteiger partial charge in [-0.1, -0.05) is 24.6 Å². The first-order valence-electron chi connectivity index (χ1n) is 12.9. The molecule has 238 valence electrons. The van der Waals surface area contributed by atoms with Crippen LogP contribution < -0.4 is 9.47 Å². The van der Waals surface area contributed by atoms with Gasteiger partial charge >= 0.3 is 18.1 Å². The zero-order valence-electron chi connectivity index (χ0n) is 23.7. The number of hydrogen-bond donors (Lipinski definition) is 2. The van der Waals surface area contributed by atoms with Gasteiger partial charge in [-0.2, -0.15) is 13.2 Å². The van der Waals surface area contributed by atoms with E-state index in [9.17, 15) is 31.2 Å². The van der Waals surface area contributed by atoms with Gasteiger partial charge < -0.3 is 19.7 Å². The lowest BCUT2D eigenvalue weighted by Gasteiger charge is -2.16. The number of carboxylic acids is 2. The monoisotopic (exact) mass is 666 g/mol. The number of ether oxygens (including phenoxy) is 2. The summed E-state index contributed by atoms with van der Waals surface area (Å²) in [7, 11) is -3.47. The Morgan fingerprint density at radius 1 is 0.844 bits per heavy atom. The Morgan fingerprint density at radius 3 is 1.96 bits per heavy atom. The van der Waals surface area contributed by atoms with Gasteiger partial charge in [-0.15, -0.1) is 0 Å². The molecule has 3 aromatic carbocycles. The quantitative estimate of drug-likeness (QED) is 0.200. The van der Waals surface area contributed by atoms with E-state index in [2.05, 4.69) is 9.97 Å². The molecule has 0 saturated carbocycles. The summed E-state index contributed by atoms with van der Waals surface area (Å²) in [4.78, 5) is 29.1. The van der Waals surface area contributed by atoms with Crippen molar-refractivity contribution in [2.24, 2.45) is 0 Å². The highest BCUT2D eigenvalue weighted by molar-refractivity contribution is 7.91. The largest absolute Gasteiger partial charge is 0.481 e. The average molecular weight is 667 g/mol. The van der Waals surface area contributed by atoms with Gasteiger partial charge in [0.1, 0.15) is 17.8 Å². The molecule has 15 heteroatoms. The summed E-state index contributed by atoms with van der Waals surface area (Å²) in [5.41, 5.74) is 1.21. The van der Waals surface area contributed by atoms with E-state index < -0.39 is 46.7 Å². The molecule has 1 aromatic heterocycles. The Balaban J connectivity index is 0.000000265. The van der Waals surface area contributed by atoms with Gasteiger partial charge in [-0.3, -0.25) is 0 Å². The Hall–Kier alpha value is -4.69. The van der Waals surface area contributed by atoms with Crippen molar-refractivity contribution in [3.05, 3.63) is 89.5 Å². The van der Waals surface area contributed by atoms with E-state index in [1.54, 1.807) is 37.5 Å². The maximum Gasteiger partial charge on any atom is 0.416 e. The molecule has 4 rings (SSSR count). The van der Waals surface area contributed by atoms with E-state index in [0.717, 1.165) is 18.2 Å². The fraction of sp³-hybridized carbons (Fsp3) is 0.200. The van der Waals surface area contributed by atoms with Gasteiger partial charge in [0.15, 0.2) is 23.1 Å². The number of sulfone groups is 1. The smallest absolute Gasteiger partial charge is 0.416 e. The second-order valence-corrected chi connectivity index (χ2v) is 11.9. The fourth-order valence-electron chi connectivity index (χ4n) is 3.91. The third kappa shape index (κ3) is 9.65. The summed E-state index contributed by atoms with van der Waals surface area (Å²) < 4.78 is 73.5. The van der Waals surface area contributed by atoms with Crippen LogP contribution in [0.25, 0.3) is 22.3 Å². The number of halogens is 4. The second-order valence-electron chi connectivity index (χ2n) is 9.22. The van der Waals surface area contributed by atoms with Gasteiger partial charge in [-0.25, -0.2) is 28.0 Å². The molecule has 0 atom stereocenters. The van der Waals surface area contributed by atoms with Crippen molar-refractivity contribution in [2.75, 3.05) is 19.0 Å². The van der Waals surface area contributed by atoms with E-state index in [1.165, 1.54) is 31.5 Å². The van der Waals surface area contributed by atoms with Crippen LogP contribution in [0.1, 0.15) is 18.1 Å². The lowest BCUT2D eigenvalue weighted by Crippen LogP contribution is -2.11. The molecule has 4 aromatic rings. The number of hydrogen-bond acceptors (Lipinski definition) is 8. The third-order valence-electron chi connectivity index (χ3n) is 6.05. The molecule has 10 nitrogen and oxygen atoms in total. The van der Waals surface area contributed by atoms with Gasteiger partial charge in [0.2, 0.25) is 0 Å². The van der Waals surface area contributed by atoms with E-state index in [1.807, 2.05) is 0 Å². The molecule has 0 radical (unpaired) electrons. The maximum atomic E-state index is 13.1. The van der Waals surface area contributed by atoms with Crippen LogP contribution in [0.15, 0.2) is 78.2 Å². The van der Waals surface area contributed by atoms with Crippen molar-refractivity contribution in [1.29, 1.82) is 0 Å². The molecule has 45 heavy (non-hydrogen) atoms. The third-order valence-corrected chi connectivity index (χ3v) is 8.02. The highest BCUT2D eigenvalue weighted by atomic mass is 35.5. The predicted molar refractivity (Wildman–Crippen MR) is 158 cm³/mol. The molecule has 0 aliphatic heterocycles. The average Bonchev–Trinajstić information content (AvgIpc) is 2.99. The van der Waals surface area contributed by atoms with Gasteiger partial charge in [-0.05, 0) is 66.6 Å². The van der Waals surface area contributed by atoms with E-state index in [0.29, 0.717) is 33.0 Å². The van der Waals surface area contributed by atoms with Crippen LogP contribution in [0.2, 0.25) is 5.02 Å². The molecule has 0 spiro atoms. The lowest BCUT2D eigenvalue weighted by atomic mass is 9.97. The van der Waals surface area contributed by atoms with Crippen LogP contribution in [0.4, 0.5) is 13.2 Å². The summed E-state index contributed by atoms with van der Waals surface area (Å²) in [5.74, 6) is -2.04. The number of aromatic nitrogens is 2. The maximum absolute atomic E-state index is 13.1. The standard InChI is InChI=1S/C18H17F3O5S.C12H9ClN2O3/c1-3-27(24,25)13-5-6-14(11(2)8-13)15-9-12(18(19,20)21)4-7-16(15)26-10-17(22)23;13-9-1-2-11(18-6-12(16)17)10(3-9)8-4-14-7-15-5-8/h4-9H,3,10H2,1-2H3,(H,22,23);1-5,7H,6H2,(H,16,17). The van der Waals surface area contributed by atoms with Gasteiger partial charge in [0, 0.05) is 34.1 Å². The van der Waals surface area contributed by atoms with Crippen molar-refractivity contribution >= 4 is 33.4 Å². The van der Waals surface area contributed by atoms with Crippen LogP contribution in [0.5, 0.6) is 11.5 Å². The van der Waals surface area contributed by atoms with Gasteiger partial charge in [0.05, 0.1) is 16.2 Å². The number of rotatable bonds is 10. The first-order chi connectivity index (χ1) is 21.1. The highest BCUT2D eigenvalue weighted by Crippen LogP contribution is 2.39. The number of aryl methyl sites for hydroxylation is 1. The van der Waals surface area contributed by atoms with Crippen LogP contribution in [-0.2, 0) is 25.6 Å². The van der Waals surface area contributed by atoms with Crippen molar-refractivity contribution in [3.8, 4) is 33.8 Å². The first kappa shape index (κ1) is 34.8. The minimum Gasteiger partial charge on any atom is -0.481 e. The van der Waals surface area contributed by atoms with Crippen LogP contribution in [0, 0.1) is 6.92 Å². The molecule has 2 N–H and O–H groups in total. The van der Waals surface area contributed by atoms with Crippen LogP contribution in [0.3, 0.4) is 0 Å². The highest BCUT2D eigenvalue weighted by Gasteiger charge is 2.31. The number of benzene rings is 3. The fourth-order valence-corrected chi connectivity index (χ4v) is 5.05. The number of carboxylic acid groups (broad SMARTS) is 2. The summed E-state index contributed by atoms with van der Waals surface area (Å²) in [6.45, 7) is 1.91. The minimum atomic E-state index is -4.60. The zero-order valence-corrected chi connectivity index (χ0v) is 25.3. The molecule has 0 unspecified atom stereocenters. The number of carbonyl (C=O) groups is 2. The number of nitrogens with zero attached hydrogens (tertiary/aromatic N) is 2. The molecule has 1 heterocycles. The Kier molecular flexibility index (Phi) is 11.5.